The van der Waals surface area contributed by atoms with E-state index in [0.29, 0.717) is 12.6 Å². The molecule has 4 heteroatoms. The second-order valence-corrected chi connectivity index (χ2v) is 5.20. The first-order valence-corrected chi connectivity index (χ1v) is 5.72. The molecular weight excluding hydrogens is 190 g/mol. The Balaban J connectivity index is 2.15. The Morgan fingerprint density at radius 1 is 1.33 bits per heavy atom. The SMILES string of the molecule is CC(C)(C)NC(=O)CNC1CCNCC1. The zero-order valence-corrected chi connectivity index (χ0v) is 10.0. The fourth-order valence-corrected chi connectivity index (χ4v) is 1.73. The first-order chi connectivity index (χ1) is 6.97. The van der Waals surface area contributed by atoms with Gasteiger partial charge < -0.3 is 16.0 Å². The van der Waals surface area contributed by atoms with E-state index in [1.165, 1.54) is 0 Å². The van der Waals surface area contributed by atoms with Crippen LogP contribution in [0.3, 0.4) is 0 Å². The molecule has 1 aliphatic heterocycles. The molecule has 0 aromatic carbocycles. The van der Waals surface area contributed by atoms with Gasteiger partial charge in [0.05, 0.1) is 6.54 Å². The molecule has 1 aliphatic rings. The van der Waals surface area contributed by atoms with Gasteiger partial charge in [0.1, 0.15) is 0 Å². The molecule has 1 rings (SSSR count). The highest BCUT2D eigenvalue weighted by Gasteiger charge is 2.16. The third kappa shape index (κ3) is 5.74. The predicted molar refractivity (Wildman–Crippen MR) is 61.8 cm³/mol. The van der Waals surface area contributed by atoms with Gasteiger partial charge in [-0.1, -0.05) is 0 Å². The lowest BCUT2D eigenvalue weighted by atomic mass is 10.1. The maximum Gasteiger partial charge on any atom is 0.234 e. The lowest BCUT2D eigenvalue weighted by molar-refractivity contribution is -0.121. The Kier molecular flexibility index (Phi) is 4.54. The number of hydrogen-bond donors (Lipinski definition) is 3. The molecule has 0 saturated carbocycles. The molecule has 0 unspecified atom stereocenters. The predicted octanol–water partition coefficient (Wildman–Crippen LogP) is 0.243. The second-order valence-electron chi connectivity index (χ2n) is 5.20. The normalized spacial score (nSPS) is 18.9. The molecule has 1 saturated heterocycles. The van der Waals surface area contributed by atoms with Gasteiger partial charge in [-0.2, -0.15) is 0 Å². The molecule has 1 amide bonds. The first-order valence-electron chi connectivity index (χ1n) is 5.72. The zero-order chi connectivity index (χ0) is 11.3. The van der Waals surface area contributed by atoms with Gasteiger partial charge in [-0.3, -0.25) is 4.79 Å². The van der Waals surface area contributed by atoms with Gasteiger partial charge in [0, 0.05) is 11.6 Å². The van der Waals surface area contributed by atoms with Crippen LogP contribution >= 0.6 is 0 Å². The van der Waals surface area contributed by atoms with E-state index in [2.05, 4.69) is 16.0 Å². The highest BCUT2D eigenvalue weighted by atomic mass is 16.2. The molecule has 4 nitrogen and oxygen atoms in total. The molecule has 3 N–H and O–H groups in total. The van der Waals surface area contributed by atoms with E-state index in [-0.39, 0.29) is 11.4 Å². The summed E-state index contributed by atoms with van der Waals surface area (Å²) in [4.78, 5) is 11.5. The van der Waals surface area contributed by atoms with Crippen LogP contribution in [0.1, 0.15) is 33.6 Å². The molecular formula is C11H23N3O. The van der Waals surface area contributed by atoms with Crippen molar-refractivity contribution in [1.29, 1.82) is 0 Å². The zero-order valence-electron chi connectivity index (χ0n) is 10.0. The summed E-state index contributed by atoms with van der Waals surface area (Å²) < 4.78 is 0. The average molecular weight is 213 g/mol. The Hall–Kier alpha value is -0.610. The van der Waals surface area contributed by atoms with Crippen molar-refractivity contribution in [1.82, 2.24) is 16.0 Å². The summed E-state index contributed by atoms with van der Waals surface area (Å²) in [5.41, 5.74) is -0.132. The fraction of sp³-hybridized carbons (Fsp3) is 0.909. The number of carbonyl (C=O) groups excluding carboxylic acids is 1. The van der Waals surface area contributed by atoms with Crippen molar-refractivity contribution >= 4 is 5.91 Å². The molecule has 0 bridgehead atoms. The van der Waals surface area contributed by atoms with Crippen molar-refractivity contribution in [3.8, 4) is 0 Å². The van der Waals surface area contributed by atoms with E-state index in [0.717, 1.165) is 25.9 Å². The molecule has 0 aliphatic carbocycles. The van der Waals surface area contributed by atoms with Crippen molar-refractivity contribution in [3.63, 3.8) is 0 Å². The summed E-state index contributed by atoms with van der Waals surface area (Å²) in [6.45, 7) is 8.53. The Bertz CT molecular complexity index is 204. The van der Waals surface area contributed by atoms with Crippen LogP contribution in [0.2, 0.25) is 0 Å². The maximum absolute atomic E-state index is 11.5. The lowest BCUT2D eigenvalue weighted by Crippen LogP contribution is -2.48. The van der Waals surface area contributed by atoms with E-state index < -0.39 is 0 Å². The van der Waals surface area contributed by atoms with Crippen molar-refractivity contribution in [2.24, 2.45) is 0 Å². The van der Waals surface area contributed by atoms with Gasteiger partial charge in [0.25, 0.3) is 0 Å². The van der Waals surface area contributed by atoms with E-state index in [1.807, 2.05) is 20.8 Å². The Labute approximate surface area is 92.2 Å². The minimum Gasteiger partial charge on any atom is -0.350 e. The smallest absolute Gasteiger partial charge is 0.234 e. The fourth-order valence-electron chi connectivity index (χ4n) is 1.73. The highest BCUT2D eigenvalue weighted by molar-refractivity contribution is 5.78. The van der Waals surface area contributed by atoms with Gasteiger partial charge in [-0.15, -0.1) is 0 Å². The summed E-state index contributed by atoms with van der Waals surface area (Å²) >= 11 is 0. The molecule has 1 heterocycles. The van der Waals surface area contributed by atoms with Crippen LogP contribution < -0.4 is 16.0 Å². The van der Waals surface area contributed by atoms with Crippen molar-refractivity contribution < 1.29 is 4.79 Å². The van der Waals surface area contributed by atoms with Gasteiger partial charge >= 0.3 is 0 Å². The number of hydrogen-bond acceptors (Lipinski definition) is 3. The molecule has 88 valence electrons. The molecule has 15 heavy (non-hydrogen) atoms. The van der Waals surface area contributed by atoms with Crippen molar-refractivity contribution in [2.45, 2.75) is 45.2 Å². The van der Waals surface area contributed by atoms with Gasteiger partial charge in [-0.05, 0) is 46.7 Å². The molecule has 0 aromatic rings. The number of amides is 1. The summed E-state index contributed by atoms with van der Waals surface area (Å²) in [6, 6.07) is 0.497. The topological polar surface area (TPSA) is 53.2 Å². The summed E-state index contributed by atoms with van der Waals surface area (Å²) in [7, 11) is 0. The number of nitrogens with one attached hydrogen (secondary N) is 3. The average Bonchev–Trinajstić information content (AvgIpc) is 2.14. The molecule has 0 radical (unpaired) electrons. The van der Waals surface area contributed by atoms with Crippen LogP contribution in [-0.4, -0.2) is 37.1 Å². The van der Waals surface area contributed by atoms with Crippen LogP contribution in [0, 0.1) is 0 Å². The van der Waals surface area contributed by atoms with Crippen molar-refractivity contribution in [2.75, 3.05) is 19.6 Å². The highest BCUT2D eigenvalue weighted by Crippen LogP contribution is 2.01. The van der Waals surface area contributed by atoms with E-state index in [4.69, 9.17) is 0 Å². The Morgan fingerprint density at radius 2 is 1.93 bits per heavy atom. The number of carbonyl (C=O) groups is 1. The minimum absolute atomic E-state index is 0.0843. The molecule has 0 aromatic heterocycles. The summed E-state index contributed by atoms with van der Waals surface area (Å²) in [5.74, 6) is 0.0843. The monoisotopic (exact) mass is 213 g/mol. The largest absolute Gasteiger partial charge is 0.350 e. The van der Waals surface area contributed by atoms with Gasteiger partial charge in [-0.25, -0.2) is 0 Å². The van der Waals surface area contributed by atoms with Crippen LogP contribution in [0.4, 0.5) is 0 Å². The van der Waals surface area contributed by atoms with Gasteiger partial charge in [0.15, 0.2) is 0 Å². The molecule has 1 fully saturated rings. The quantitative estimate of drug-likeness (QED) is 0.629. The Morgan fingerprint density at radius 3 is 2.47 bits per heavy atom. The third-order valence-corrected chi connectivity index (χ3v) is 2.40. The first kappa shape index (κ1) is 12.5. The minimum atomic E-state index is -0.132. The maximum atomic E-state index is 11.5. The number of rotatable bonds is 3. The van der Waals surface area contributed by atoms with Crippen LogP contribution in [0.15, 0.2) is 0 Å². The van der Waals surface area contributed by atoms with E-state index >= 15 is 0 Å². The summed E-state index contributed by atoms with van der Waals surface area (Å²) in [6.07, 6.45) is 2.23. The van der Waals surface area contributed by atoms with Gasteiger partial charge in [0.2, 0.25) is 5.91 Å². The second kappa shape index (κ2) is 5.47. The lowest BCUT2D eigenvalue weighted by Gasteiger charge is -2.25. The molecule has 0 atom stereocenters. The standard InChI is InChI=1S/C11H23N3O/c1-11(2,3)14-10(15)8-13-9-4-6-12-7-5-9/h9,12-13H,4-8H2,1-3H3,(H,14,15). The van der Waals surface area contributed by atoms with E-state index in [1.54, 1.807) is 0 Å². The van der Waals surface area contributed by atoms with E-state index in [9.17, 15) is 4.79 Å². The number of piperidine rings is 1. The van der Waals surface area contributed by atoms with Crippen LogP contribution in [0.25, 0.3) is 0 Å². The van der Waals surface area contributed by atoms with Crippen LogP contribution in [-0.2, 0) is 4.79 Å². The third-order valence-electron chi connectivity index (χ3n) is 2.40. The summed E-state index contributed by atoms with van der Waals surface area (Å²) in [5, 5.41) is 9.53. The van der Waals surface area contributed by atoms with Crippen molar-refractivity contribution in [3.05, 3.63) is 0 Å². The van der Waals surface area contributed by atoms with Crippen LogP contribution in [0.5, 0.6) is 0 Å². The molecule has 0 spiro atoms.